The lowest BCUT2D eigenvalue weighted by molar-refractivity contribution is 0.000163. The standard InChI is InChI=1S/C24H16O3/c25-21-17-10-13-6-5-12-9-11-3-1-2-4-14(11)15-7-8-16(19(13)18(12)15)20(17)23-24(27-23)22(21)26/h1-10,21-26H/t21-,22+,23-,24+/m1/s1. The lowest BCUT2D eigenvalue weighted by Crippen LogP contribution is -2.29. The molecule has 1 saturated heterocycles. The van der Waals surface area contributed by atoms with E-state index in [1.165, 1.54) is 32.3 Å². The topological polar surface area (TPSA) is 53.0 Å². The first-order chi connectivity index (χ1) is 13.2. The van der Waals surface area contributed by atoms with E-state index in [0.717, 1.165) is 21.9 Å². The molecule has 1 fully saturated rings. The fourth-order valence-corrected chi connectivity index (χ4v) is 5.22. The van der Waals surface area contributed by atoms with Crippen LogP contribution in [0.4, 0.5) is 0 Å². The Bertz CT molecular complexity index is 1400. The normalized spacial score (nSPS) is 26.7. The molecule has 2 N–H and O–H groups in total. The Morgan fingerprint density at radius 1 is 0.704 bits per heavy atom. The summed E-state index contributed by atoms with van der Waals surface area (Å²) in [5.74, 6) is 0. The van der Waals surface area contributed by atoms with E-state index in [-0.39, 0.29) is 12.2 Å². The molecule has 0 amide bonds. The molecule has 5 aromatic rings. The van der Waals surface area contributed by atoms with E-state index in [0.29, 0.717) is 0 Å². The van der Waals surface area contributed by atoms with Crippen LogP contribution < -0.4 is 0 Å². The van der Waals surface area contributed by atoms with Gasteiger partial charge in [-0.2, -0.15) is 0 Å². The second-order valence-electron chi connectivity index (χ2n) is 7.86. The van der Waals surface area contributed by atoms with Gasteiger partial charge in [-0.05, 0) is 66.3 Å². The van der Waals surface area contributed by atoms with Crippen molar-refractivity contribution in [2.24, 2.45) is 0 Å². The molecule has 0 spiro atoms. The Kier molecular flexibility index (Phi) is 2.43. The maximum absolute atomic E-state index is 10.6. The fraction of sp³-hybridized carbons (Fsp3) is 0.167. The van der Waals surface area contributed by atoms with Gasteiger partial charge in [-0.25, -0.2) is 0 Å². The fourth-order valence-electron chi connectivity index (χ4n) is 5.22. The van der Waals surface area contributed by atoms with Crippen LogP contribution in [0.1, 0.15) is 23.3 Å². The highest BCUT2D eigenvalue weighted by molar-refractivity contribution is 6.29. The molecule has 27 heavy (non-hydrogen) atoms. The predicted octanol–water partition coefficient (Wildman–Crippen LogP) is 4.59. The number of aliphatic hydroxyl groups is 2. The number of hydrogen-bond donors (Lipinski definition) is 2. The van der Waals surface area contributed by atoms with Crippen LogP contribution in [0.2, 0.25) is 0 Å². The van der Waals surface area contributed by atoms with Gasteiger partial charge in [0, 0.05) is 0 Å². The number of aliphatic hydroxyl groups excluding tert-OH is 2. The van der Waals surface area contributed by atoms with E-state index in [1.54, 1.807) is 0 Å². The van der Waals surface area contributed by atoms with Gasteiger partial charge in [0.05, 0.1) is 0 Å². The number of epoxide rings is 1. The Morgan fingerprint density at radius 3 is 2.33 bits per heavy atom. The summed E-state index contributed by atoms with van der Waals surface area (Å²) in [6.45, 7) is 0. The Labute approximate surface area is 154 Å². The summed E-state index contributed by atoms with van der Waals surface area (Å²) in [6.07, 6.45) is -2.14. The molecule has 7 rings (SSSR count). The van der Waals surface area contributed by atoms with Crippen molar-refractivity contribution in [3.8, 4) is 0 Å². The molecule has 130 valence electrons. The van der Waals surface area contributed by atoms with E-state index < -0.39 is 12.2 Å². The lowest BCUT2D eigenvalue weighted by Gasteiger charge is -2.26. The number of hydrogen-bond acceptors (Lipinski definition) is 3. The van der Waals surface area contributed by atoms with Crippen molar-refractivity contribution in [1.82, 2.24) is 0 Å². The largest absolute Gasteiger partial charge is 0.387 e. The second-order valence-corrected chi connectivity index (χ2v) is 7.86. The summed E-state index contributed by atoms with van der Waals surface area (Å²) >= 11 is 0. The van der Waals surface area contributed by atoms with Gasteiger partial charge in [-0.1, -0.05) is 48.5 Å². The van der Waals surface area contributed by atoms with Gasteiger partial charge in [-0.3, -0.25) is 0 Å². The summed E-state index contributed by atoms with van der Waals surface area (Å²) in [5, 5.41) is 30.6. The molecule has 2 aliphatic rings. The zero-order chi connectivity index (χ0) is 17.9. The molecule has 1 aliphatic carbocycles. The monoisotopic (exact) mass is 352 g/mol. The van der Waals surface area contributed by atoms with Crippen molar-refractivity contribution in [1.29, 1.82) is 0 Å². The highest BCUT2D eigenvalue weighted by Gasteiger charge is 2.54. The SMILES string of the molecule is O[C@@H]1[C@@H]2O[C@@H]2c2c(cc3ccc4cc5ccccc5c5ccc2c3c45)[C@H]1O. The van der Waals surface area contributed by atoms with Crippen molar-refractivity contribution >= 4 is 43.1 Å². The van der Waals surface area contributed by atoms with Crippen molar-refractivity contribution in [3.63, 3.8) is 0 Å². The van der Waals surface area contributed by atoms with E-state index in [2.05, 4.69) is 54.6 Å². The Morgan fingerprint density at radius 2 is 1.44 bits per heavy atom. The molecule has 1 aliphatic heterocycles. The summed E-state index contributed by atoms with van der Waals surface area (Å²) in [6, 6.07) is 21.4. The summed E-state index contributed by atoms with van der Waals surface area (Å²) in [4.78, 5) is 0. The first kappa shape index (κ1) is 14.4. The zero-order valence-electron chi connectivity index (χ0n) is 14.4. The number of ether oxygens (including phenoxy) is 1. The smallest absolute Gasteiger partial charge is 0.118 e. The van der Waals surface area contributed by atoms with Crippen LogP contribution >= 0.6 is 0 Å². The van der Waals surface area contributed by atoms with Crippen LogP contribution in [0.25, 0.3) is 43.1 Å². The molecular formula is C24H16O3. The highest BCUT2D eigenvalue weighted by atomic mass is 16.6. The van der Waals surface area contributed by atoms with E-state index in [4.69, 9.17) is 4.74 Å². The Hall–Kier alpha value is -2.72. The molecule has 3 nitrogen and oxygen atoms in total. The van der Waals surface area contributed by atoms with Crippen LogP contribution in [0, 0.1) is 0 Å². The first-order valence-electron chi connectivity index (χ1n) is 9.37. The lowest BCUT2D eigenvalue weighted by atomic mass is 9.81. The maximum Gasteiger partial charge on any atom is 0.118 e. The molecule has 0 saturated carbocycles. The molecule has 3 heteroatoms. The predicted molar refractivity (Wildman–Crippen MR) is 106 cm³/mol. The van der Waals surface area contributed by atoms with Gasteiger partial charge in [0.25, 0.3) is 0 Å². The van der Waals surface area contributed by atoms with Crippen LogP contribution in [-0.4, -0.2) is 22.4 Å². The van der Waals surface area contributed by atoms with Crippen LogP contribution in [0.15, 0.2) is 60.7 Å². The van der Waals surface area contributed by atoms with E-state index in [9.17, 15) is 10.2 Å². The third kappa shape index (κ3) is 1.64. The summed E-state index contributed by atoms with van der Waals surface area (Å²) in [7, 11) is 0. The highest BCUT2D eigenvalue weighted by Crippen LogP contribution is 2.54. The van der Waals surface area contributed by atoms with Gasteiger partial charge >= 0.3 is 0 Å². The minimum atomic E-state index is -0.897. The van der Waals surface area contributed by atoms with Gasteiger partial charge in [0.1, 0.15) is 24.4 Å². The Balaban J connectivity index is 1.72. The average Bonchev–Trinajstić information content (AvgIpc) is 3.50. The number of fused-ring (bicyclic) bond motifs is 6. The van der Waals surface area contributed by atoms with Gasteiger partial charge in [0.15, 0.2) is 0 Å². The minimum absolute atomic E-state index is 0.111. The average molecular weight is 352 g/mol. The van der Waals surface area contributed by atoms with E-state index >= 15 is 0 Å². The van der Waals surface area contributed by atoms with Crippen molar-refractivity contribution in [2.75, 3.05) is 0 Å². The third-order valence-electron chi connectivity index (χ3n) is 6.49. The molecular weight excluding hydrogens is 336 g/mol. The van der Waals surface area contributed by atoms with Crippen LogP contribution in [-0.2, 0) is 4.74 Å². The van der Waals surface area contributed by atoms with Crippen molar-refractivity contribution in [3.05, 3.63) is 71.8 Å². The third-order valence-corrected chi connectivity index (χ3v) is 6.49. The molecule has 0 aromatic heterocycles. The first-order valence-corrected chi connectivity index (χ1v) is 9.37. The molecule has 1 heterocycles. The maximum atomic E-state index is 10.6. The van der Waals surface area contributed by atoms with Gasteiger partial charge < -0.3 is 14.9 Å². The molecule has 0 radical (unpaired) electrons. The van der Waals surface area contributed by atoms with E-state index in [1.807, 2.05) is 6.07 Å². The molecule has 5 aromatic carbocycles. The minimum Gasteiger partial charge on any atom is -0.387 e. The zero-order valence-corrected chi connectivity index (χ0v) is 14.4. The van der Waals surface area contributed by atoms with Crippen LogP contribution in [0.5, 0.6) is 0 Å². The van der Waals surface area contributed by atoms with Crippen LogP contribution in [0.3, 0.4) is 0 Å². The second kappa shape index (κ2) is 4.57. The summed E-state index contributed by atoms with van der Waals surface area (Å²) < 4.78 is 5.74. The van der Waals surface area contributed by atoms with Crippen molar-refractivity contribution < 1.29 is 14.9 Å². The number of rotatable bonds is 0. The molecule has 4 atom stereocenters. The van der Waals surface area contributed by atoms with Crippen molar-refractivity contribution in [2.45, 2.75) is 24.4 Å². The number of benzene rings is 5. The summed E-state index contributed by atoms with van der Waals surface area (Å²) in [5.41, 5.74) is 1.85. The van der Waals surface area contributed by atoms with Gasteiger partial charge in [-0.15, -0.1) is 0 Å². The quantitative estimate of drug-likeness (QED) is 0.244. The molecule has 0 unspecified atom stereocenters. The molecule has 0 bridgehead atoms. The van der Waals surface area contributed by atoms with Gasteiger partial charge in [0.2, 0.25) is 0 Å².